The summed E-state index contributed by atoms with van der Waals surface area (Å²) >= 11 is 0. The molecule has 0 bridgehead atoms. The van der Waals surface area contributed by atoms with Gasteiger partial charge in [-0.15, -0.1) is 0 Å². The fraction of sp³-hybridized carbons (Fsp3) is 0.471. The number of rotatable bonds is 6. The number of fused-ring (bicyclic) bond motifs is 1. The van der Waals surface area contributed by atoms with E-state index in [1.54, 1.807) is 0 Å². The molecule has 10 heteroatoms. The number of halogens is 3. The lowest BCUT2D eigenvalue weighted by Gasteiger charge is -2.20. The molecule has 1 aromatic carbocycles. The van der Waals surface area contributed by atoms with Crippen molar-refractivity contribution in [2.45, 2.75) is 50.9 Å². The van der Waals surface area contributed by atoms with E-state index in [1.165, 1.54) is 17.5 Å². The van der Waals surface area contributed by atoms with Gasteiger partial charge < -0.3 is 15.3 Å². The van der Waals surface area contributed by atoms with Gasteiger partial charge in [0.05, 0.1) is 6.42 Å². The SMILES string of the molecule is O=C(O)C(F)(F)F.O=C(O)C[C@@H](NCc1cccc2c1CCCC2)C(=O)O. The van der Waals surface area contributed by atoms with E-state index in [-0.39, 0.29) is 0 Å². The molecular formula is C17H20F3NO6. The van der Waals surface area contributed by atoms with Crippen LogP contribution in [0.2, 0.25) is 0 Å². The molecule has 4 N–H and O–H groups in total. The summed E-state index contributed by atoms with van der Waals surface area (Å²) in [5.41, 5.74) is 3.71. The summed E-state index contributed by atoms with van der Waals surface area (Å²) in [5.74, 6) is -5.00. The van der Waals surface area contributed by atoms with Crippen molar-refractivity contribution in [1.82, 2.24) is 5.32 Å². The van der Waals surface area contributed by atoms with Crippen LogP contribution in [0.3, 0.4) is 0 Å². The van der Waals surface area contributed by atoms with E-state index in [0.29, 0.717) is 6.54 Å². The minimum atomic E-state index is -5.08. The van der Waals surface area contributed by atoms with Crippen LogP contribution < -0.4 is 5.32 Å². The molecule has 0 radical (unpaired) electrons. The molecule has 0 aliphatic heterocycles. The number of carboxylic acid groups (broad SMARTS) is 3. The Hall–Kier alpha value is -2.62. The number of hydrogen-bond acceptors (Lipinski definition) is 4. The van der Waals surface area contributed by atoms with Gasteiger partial charge in [0.2, 0.25) is 0 Å². The van der Waals surface area contributed by atoms with Crippen LogP contribution in [0.4, 0.5) is 13.2 Å². The highest BCUT2D eigenvalue weighted by Crippen LogP contribution is 2.24. The second-order valence-corrected chi connectivity index (χ2v) is 5.93. The summed E-state index contributed by atoms with van der Waals surface area (Å²) in [6, 6.07) is 5.03. The summed E-state index contributed by atoms with van der Waals surface area (Å²) in [6.45, 7) is 0.396. The van der Waals surface area contributed by atoms with Crippen molar-refractivity contribution in [2.75, 3.05) is 0 Å². The molecule has 0 fully saturated rings. The first kappa shape index (κ1) is 22.4. The molecule has 0 saturated carbocycles. The number of benzene rings is 1. The molecule has 1 aliphatic rings. The van der Waals surface area contributed by atoms with Crippen LogP contribution in [-0.2, 0) is 33.8 Å². The largest absolute Gasteiger partial charge is 0.490 e. The van der Waals surface area contributed by atoms with E-state index in [9.17, 15) is 22.8 Å². The second-order valence-electron chi connectivity index (χ2n) is 5.93. The van der Waals surface area contributed by atoms with Gasteiger partial charge in [-0.2, -0.15) is 13.2 Å². The highest BCUT2D eigenvalue weighted by molar-refractivity contribution is 5.80. The first-order valence-electron chi connectivity index (χ1n) is 8.10. The third-order valence-corrected chi connectivity index (χ3v) is 3.95. The Morgan fingerprint density at radius 3 is 2.19 bits per heavy atom. The van der Waals surface area contributed by atoms with E-state index in [1.807, 2.05) is 12.1 Å². The fourth-order valence-corrected chi connectivity index (χ4v) is 2.68. The van der Waals surface area contributed by atoms with Crippen LogP contribution in [0.15, 0.2) is 18.2 Å². The zero-order valence-electron chi connectivity index (χ0n) is 14.3. The van der Waals surface area contributed by atoms with Gasteiger partial charge in [0.15, 0.2) is 0 Å². The monoisotopic (exact) mass is 391 g/mol. The molecule has 27 heavy (non-hydrogen) atoms. The number of carboxylic acids is 3. The molecule has 0 unspecified atom stereocenters. The van der Waals surface area contributed by atoms with E-state index in [2.05, 4.69) is 11.4 Å². The Kier molecular flexibility index (Phi) is 8.23. The Labute approximate surface area is 152 Å². The zero-order valence-corrected chi connectivity index (χ0v) is 14.3. The lowest BCUT2D eigenvalue weighted by atomic mass is 9.88. The number of nitrogens with one attached hydrogen (secondary N) is 1. The van der Waals surface area contributed by atoms with Gasteiger partial charge in [-0.1, -0.05) is 18.2 Å². The van der Waals surface area contributed by atoms with Gasteiger partial charge in [0.25, 0.3) is 0 Å². The van der Waals surface area contributed by atoms with Crippen molar-refractivity contribution >= 4 is 17.9 Å². The van der Waals surface area contributed by atoms with Gasteiger partial charge in [-0.05, 0) is 42.4 Å². The number of aryl methyl sites for hydroxylation is 1. The van der Waals surface area contributed by atoms with Crippen LogP contribution in [-0.4, -0.2) is 45.4 Å². The van der Waals surface area contributed by atoms with Gasteiger partial charge in [-0.3, -0.25) is 14.9 Å². The third kappa shape index (κ3) is 7.65. The van der Waals surface area contributed by atoms with Crippen molar-refractivity contribution in [1.29, 1.82) is 0 Å². The standard InChI is InChI=1S/C15H19NO4.C2HF3O2/c17-14(18)8-13(15(19)20)16-9-11-6-3-5-10-4-1-2-7-12(10)11;3-2(4,5)1(6)7/h3,5-6,13,16H,1-2,4,7-9H2,(H,17,18)(H,19,20);(H,6,7)/t13-;/m1./s1. The van der Waals surface area contributed by atoms with Gasteiger partial charge >= 0.3 is 24.1 Å². The summed E-state index contributed by atoms with van der Waals surface area (Å²) in [5, 5.41) is 27.7. The highest BCUT2D eigenvalue weighted by atomic mass is 19.4. The molecule has 2 rings (SSSR count). The molecule has 7 nitrogen and oxygen atoms in total. The lowest BCUT2D eigenvalue weighted by molar-refractivity contribution is -0.192. The highest BCUT2D eigenvalue weighted by Gasteiger charge is 2.38. The number of carbonyl (C=O) groups is 3. The van der Waals surface area contributed by atoms with E-state index >= 15 is 0 Å². The molecule has 0 heterocycles. The van der Waals surface area contributed by atoms with Crippen LogP contribution in [0.1, 0.15) is 36.0 Å². The van der Waals surface area contributed by atoms with E-state index in [4.69, 9.17) is 20.1 Å². The van der Waals surface area contributed by atoms with Crippen molar-refractivity contribution in [3.05, 3.63) is 34.9 Å². The molecule has 1 aromatic rings. The molecular weight excluding hydrogens is 371 g/mol. The first-order chi connectivity index (χ1) is 12.5. The fourth-order valence-electron chi connectivity index (χ4n) is 2.68. The minimum absolute atomic E-state index is 0.396. The van der Waals surface area contributed by atoms with Crippen LogP contribution in [0.5, 0.6) is 0 Å². The second kappa shape index (κ2) is 9.91. The quantitative estimate of drug-likeness (QED) is 0.586. The maximum Gasteiger partial charge on any atom is 0.490 e. The molecule has 0 aromatic heterocycles. The normalized spacial score (nSPS) is 14.3. The predicted molar refractivity (Wildman–Crippen MR) is 87.3 cm³/mol. The van der Waals surface area contributed by atoms with E-state index < -0.39 is 36.5 Å². The first-order valence-corrected chi connectivity index (χ1v) is 8.10. The topological polar surface area (TPSA) is 124 Å². The molecule has 0 spiro atoms. The van der Waals surface area contributed by atoms with Crippen molar-refractivity contribution in [3.63, 3.8) is 0 Å². The summed E-state index contributed by atoms with van der Waals surface area (Å²) in [4.78, 5) is 30.6. The molecule has 150 valence electrons. The van der Waals surface area contributed by atoms with Gasteiger partial charge in [0, 0.05) is 6.54 Å². The lowest BCUT2D eigenvalue weighted by Crippen LogP contribution is -2.38. The number of hydrogen-bond donors (Lipinski definition) is 4. The van der Waals surface area contributed by atoms with Crippen LogP contribution in [0.25, 0.3) is 0 Å². The molecule has 1 aliphatic carbocycles. The van der Waals surface area contributed by atoms with Crippen LogP contribution in [0, 0.1) is 0 Å². The molecule has 0 amide bonds. The Bertz CT molecular complexity index is 690. The minimum Gasteiger partial charge on any atom is -0.481 e. The van der Waals surface area contributed by atoms with Crippen molar-refractivity contribution < 1.29 is 42.9 Å². The Morgan fingerprint density at radius 1 is 1.07 bits per heavy atom. The van der Waals surface area contributed by atoms with E-state index in [0.717, 1.165) is 24.8 Å². The summed E-state index contributed by atoms with van der Waals surface area (Å²) < 4.78 is 31.7. The van der Waals surface area contributed by atoms with Crippen molar-refractivity contribution in [2.24, 2.45) is 0 Å². The summed E-state index contributed by atoms with van der Waals surface area (Å²) in [7, 11) is 0. The average Bonchev–Trinajstić information content (AvgIpc) is 2.57. The molecule has 1 atom stereocenters. The molecule has 0 saturated heterocycles. The predicted octanol–water partition coefficient (Wildman–Crippen LogP) is 2.22. The third-order valence-electron chi connectivity index (χ3n) is 3.95. The summed E-state index contributed by atoms with van der Waals surface area (Å²) in [6.07, 6.45) is -1.06. The Balaban J connectivity index is 0.000000445. The number of aliphatic carboxylic acids is 3. The maximum atomic E-state index is 11.0. The zero-order chi connectivity index (χ0) is 20.6. The number of alkyl halides is 3. The van der Waals surface area contributed by atoms with Crippen LogP contribution >= 0.6 is 0 Å². The Morgan fingerprint density at radius 2 is 1.67 bits per heavy atom. The van der Waals surface area contributed by atoms with Gasteiger partial charge in [0.1, 0.15) is 6.04 Å². The maximum absolute atomic E-state index is 11.0. The average molecular weight is 391 g/mol. The van der Waals surface area contributed by atoms with Crippen molar-refractivity contribution in [3.8, 4) is 0 Å². The smallest absolute Gasteiger partial charge is 0.481 e. The van der Waals surface area contributed by atoms with Gasteiger partial charge in [-0.25, -0.2) is 4.79 Å².